The van der Waals surface area contributed by atoms with Crippen LogP contribution in [0.3, 0.4) is 0 Å². The van der Waals surface area contributed by atoms with Crippen LogP contribution >= 0.6 is 0 Å². The van der Waals surface area contributed by atoms with E-state index < -0.39 is 24.4 Å². The van der Waals surface area contributed by atoms with Crippen molar-refractivity contribution in [3.8, 4) is 5.75 Å². The zero-order chi connectivity index (χ0) is 23.5. The second kappa shape index (κ2) is 9.39. The quantitative estimate of drug-likeness (QED) is 0.626. The third-order valence-electron chi connectivity index (χ3n) is 6.07. The Morgan fingerprint density at radius 3 is 2.19 bits per heavy atom. The van der Waals surface area contributed by atoms with Crippen molar-refractivity contribution in [3.63, 3.8) is 0 Å². The summed E-state index contributed by atoms with van der Waals surface area (Å²) in [5.41, 5.74) is 3.10. The van der Waals surface area contributed by atoms with E-state index in [1.54, 1.807) is 0 Å². The number of carbonyl (C=O) groups excluding carboxylic acids is 1. The Hall–Kier alpha value is -2.77. The lowest BCUT2D eigenvalue weighted by atomic mass is 9.76. The van der Waals surface area contributed by atoms with Crippen LogP contribution in [-0.2, 0) is 20.7 Å². The number of phenols is 1. The minimum Gasteiger partial charge on any atom is -0.507 e. The minimum atomic E-state index is -0.621. The molecule has 1 aliphatic rings. The molecule has 2 aromatic carbocycles. The highest BCUT2D eigenvalue weighted by Crippen LogP contribution is 2.39. The predicted molar refractivity (Wildman–Crippen MR) is 126 cm³/mol. The molecule has 170 valence electrons. The summed E-state index contributed by atoms with van der Waals surface area (Å²) < 4.78 is 17.8. The first-order valence-electron chi connectivity index (χ1n) is 10.8. The molecule has 32 heavy (non-hydrogen) atoms. The van der Waals surface area contributed by atoms with Crippen molar-refractivity contribution in [2.75, 3.05) is 6.54 Å². The molecule has 2 aromatic rings. The number of alkyl carbamates (subject to hydrolysis) is 1. The Morgan fingerprint density at radius 1 is 1.06 bits per heavy atom. The van der Waals surface area contributed by atoms with Gasteiger partial charge in [-0.05, 0) is 81.4 Å². The predicted octanol–water partition coefficient (Wildman–Crippen LogP) is 4.95. The number of hydrogen-bond donors (Lipinski definition) is 2. The molecule has 1 saturated heterocycles. The molecule has 0 bridgehead atoms. The fourth-order valence-corrected chi connectivity index (χ4v) is 3.43. The molecule has 1 fully saturated rings. The molecular formula is C25H32BNO5. The number of carbonyl (C=O) groups is 1. The van der Waals surface area contributed by atoms with Crippen molar-refractivity contribution >= 4 is 19.3 Å². The van der Waals surface area contributed by atoms with Gasteiger partial charge in [-0.3, -0.25) is 0 Å². The van der Waals surface area contributed by atoms with Crippen molar-refractivity contribution in [1.82, 2.24) is 5.32 Å². The van der Waals surface area contributed by atoms with Crippen molar-refractivity contribution in [2.45, 2.75) is 59.4 Å². The summed E-state index contributed by atoms with van der Waals surface area (Å²) in [5.74, 6) is 0.280. The first-order valence-corrected chi connectivity index (χ1v) is 10.8. The van der Waals surface area contributed by atoms with E-state index in [1.165, 1.54) is 0 Å². The number of benzene rings is 2. The third-order valence-corrected chi connectivity index (χ3v) is 6.07. The van der Waals surface area contributed by atoms with E-state index in [2.05, 4.69) is 5.32 Å². The molecular weight excluding hydrogens is 405 g/mol. The highest BCUT2D eigenvalue weighted by atomic mass is 16.7. The fraction of sp³-hybridized carbons (Fsp3) is 0.400. The maximum Gasteiger partial charge on any atom is 0.492 e. The van der Waals surface area contributed by atoms with E-state index in [1.807, 2.05) is 90.1 Å². The minimum absolute atomic E-state index is 0.193. The van der Waals surface area contributed by atoms with E-state index in [9.17, 15) is 9.90 Å². The standard InChI is InChI=1S/C25H32BNO5/c1-17-12-20(13-18(2)22(17)28)14-21(26-31-24(3,4)25(5,6)32-26)15-27-23(29)30-16-19-10-8-7-9-11-19/h7-14,28H,15-16H2,1-6H3,(H,27,29). The highest BCUT2D eigenvalue weighted by molar-refractivity contribution is 6.56. The SMILES string of the molecule is Cc1cc(C=C(CNC(=O)OCc2ccccc2)B2OC(C)(C)C(C)(C)O2)cc(C)c1O. The molecule has 1 amide bonds. The van der Waals surface area contributed by atoms with Crippen LogP contribution in [0, 0.1) is 13.8 Å². The van der Waals surface area contributed by atoms with Crippen molar-refractivity contribution in [2.24, 2.45) is 0 Å². The molecule has 0 unspecified atom stereocenters. The molecule has 2 N–H and O–H groups in total. The molecule has 6 nitrogen and oxygen atoms in total. The molecule has 1 heterocycles. The van der Waals surface area contributed by atoms with Crippen LogP contribution in [-0.4, -0.2) is 36.1 Å². The number of aryl methyl sites for hydroxylation is 2. The topological polar surface area (TPSA) is 77.0 Å². The molecule has 0 spiro atoms. The van der Waals surface area contributed by atoms with Crippen LogP contribution in [0.2, 0.25) is 0 Å². The van der Waals surface area contributed by atoms with Gasteiger partial charge in [-0.2, -0.15) is 0 Å². The van der Waals surface area contributed by atoms with Gasteiger partial charge in [0.25, 0.3) is 0 Å². The monoisotopic (exact) mass is 437 g/mol. The largest absolute Gasteiger partial charge is 0.507 e. The number of ether oxygens (including phenoxy) is 1. The average molecular weight is 437 g/mol. The third kappa shape index (κ3) is 5.53. The molecule has 0 saturated carbocycles. The Balaban J connectivity index is 1.77. The zero-order valence-corrected chi connectivity index (χ0v) is 19.7. The average Bonchev–Trinajstić information content (AvgIpc) is 2.95. The molecule has 0 aliphatic carbocycles. The van der Waals surface area contributed by atoms with Gasteiger partial charge in [0.1, 0.15) is 12.4 Å². The summed E-state index contributed by atoms with van der Waals surface area (Å²) in [4.78, 5) is 12.3. The zero-order valence-electron chi connectivity index (χ0n) is 19.7. The Labute approximate surface area is 190 Å². The van der Waals surface area contributed by atoms with Crippen LogP contribution in [0.15, 0.2) is 47.9 Å². The smallest absolute Gasteiger partial charge is 0.492 e. The molecule has 3 rings (SSSR count). The molecule has 0 radical (unpaired) electrons. The van der Waals surface area contributed by atoms with E-state index in [4.69, 9.17) is 14.0 Å². The van der Waals surface area contributed by atoms with Crippen molar-refractivity contribution in [3.05, 3.63) is 70.2 Å². The molecule has 1 aliphatic heterocycles. The van der Waals surface area contributed by atoms with Crippen molar-refractivity contribution < 1.29 is 23.9 Å². The summed E-state index contributed by atoms with van der Waals surface area (Å²) in [6.07, 6.45) is 1.41. The van der Waals surface area contributed by atoms with Gasteiger partial charge in [-0.15, -0.1) is 0 Å². The molecule has 0 atom stereocenters. The van der Waals surface area contributed by atoms with E-state index in [0.29, 0.717) is 0 Å². The van der Waals surface area contributed by atoms with Gasteiger partial charge in [-0.25, -0.2) is 4.79 Å². The Morgan fingerprint density at radius 2 is 1.62 bits per heavy atom. The van der Waals surface area contributed by atoms with Gasteiger partial charge >= 0.3 is 13.2 Å². The number of hydrogen-bond acceptors (Lipinski definition) is 5. The lowest BCUT2D eigenvalue weighted by Gasteiger charge is -2.32. The van der Waals surface area contributed by atoms with Gasteiger partial charge in [0.05, 0.1) is 11.2 Å². The normalized spacial score (nSPS) is 17.3. The number of aromatic hydroxyl groups is 1. The van der Waals surface area contributed by atoms with Crippen molar-refractivity contribution in [1.29, 1.82) is 0 Å². The Bertz CT molecular complexity index is 962. The van der Waals surface area contributed by atoms with Gasteiger partial charge in [0, 0.05) is 6.54 Å². The second-order valence-electron chi connectivity index (χ2n) is 9.23. The second-order valence-corrected chi connectivity index (χ2v) is 9.23. The number of phenolic OH excluding ortho intramolecular Hbond substituents is 1. The van der Waals surface area contributed by atoms with E-state index >= 15 is 0 Å². The maximum absolute atomic E-state index is 12.3. The molecule has 7 heteroatoms. The number of rotatable bonds is 6. The summed E-state index contributed by atoms with van der Waals surface area (Å²) in [6, 6.07) is 13.3. The summed E-state index contributed by atoms with van der Waals surface area (Å²) in [5, 5.41) is 12.9. The fourth-order valence-electron chi connectivity index (χ4n) is 3.43. The van der Waals surface area contributed by atoms with Gasteiger partial charge in [0.15, 0.2) is 0 Å². The van der Waals surface area contributed by atoms with Gasteiger partial charge in [-0.1, -0.05) is 36.4 Å². The maximum atomic E-state index is 12.3. The van der Waals surface area contributed by atoms with E-state index in [-0.39, 0.29) is 18.9 Å². The summed E-state index contributed by atoms with van der Waals surface area (Å²) >= 11 is 0. The lowest BCUT2D eigenvalue weighted by molar-refractivity contribution is 0.00578. The van der Waals surface area contributed by atoms with Crippen LogP contribution < -0.4 is 5.32 Å². The van der Waals surface area contributed by atoms with Gasteiger partial charge < -0.3 is 24.5 Å². The van der Waals surface area contributed by atoms with Gasteiger partial charge in [0.2, 0.25) is 0 Å². The first-order chi connectivity index (χ1) is 15.0. The van der Waals surface area contributed by atoms with Crippen LogP contribution in [0.5, 0.6) is 5.75 Å². The molecule has 0 aromatic heterocycles. The number of nitrogens with one attached hydrogen (secondary N) is 1. The summed E-state index contributed by atoms with van der Waals surface area (Å²) in [6.45, 7) is 12.0. The van der Waals surface area contributed by atoms with Crippen LogP contribution in [0.1, 0.15) is 49.9 Å². The highest BCUT2D eigenvalue weighted by Gasteiger charge is 2.52. The van der Waals surface area contributed by atoms with E-state index in [0.717, 1.165) is 27.7 Å². The first kappa shape index (κ1) is 23.9. The number of amides is 1. The summed E-state index contributed by atoms with van der Waals surface area (Å²) in [7, 11) is -0.621. The lowest BCUT2D eigenvalue weighted by Crippen LogP contribution is -2.41. The van der Waals surface area contributed by atoms with Crippen LogP contribution in [0.4, 0.5) is 4.79 Å². The van der Waals surface area contributed by atoms with Crippen LogP contribution in [0.25, 0.3) is 6.08 Å². The Kier molecular flexibility index (Phi) is 7.01.